The van der Waals surface area contributed by atoms with Crippen molar-refractivity contribution in [2.45, 2.75) is 25.3 Å². The summed E-state index contributed by atoms with van der Waals surface area (Å²) < 4.78 is 0. The molecule has 2 amide bonds. The van der Waals surface area contributed by atoms with Gasteiger partial charge in [-0.05, 0) is 44.6 Å². The number of amides is 2. The lowest BCUT2D eigenvalue weighted by Crippen LogP contribution is -2.46. The third kappa shape index (κ3) is 2.08. The molecule has 2 aliphatic heterocycles. The van der Waals surface area contributed by atoms with E-state index in [0.717, 1.165) is 19.4 Å². The third-order valence-electron chi connectivity index (χ3n) is 4.31. The second-order valence-corrected chi connectivity index (χ2v) is 5.66. The molecule has 0 spiro atoms. The first kappa shape index (κ1) is 13.1. The predicted octanol–water partition coefficient (Wildman–Crippen LogP) is 1.35. The average Bonchev–Trinajstić information content (AvgIpc) is 2.66. The number of fused-ring (bicyclic) bond motifs is 1. The SMILES string of the molecule is CN1CCCCC1CN1C(=O)c2ccc(N)cc2C1=O. The number of anilines is 1. The highest BCUT2D eigenvalue weighted by Gasteiger charge is 2.37. The Labute approximate surface area is 118 Å². The molecule has 1 aromatic carbocycles. The van der Waals surface area contributed by atoms with Gasteiger partial charge in [-0.1, -0.05) is 6.42 Å². The summed E-state index contributed by atoms with van der Waals surface area (Å²) >= 11 is 0. The number of piperidine rings is 1. The Morgan fingerprint density at radius 1 is 1.20 bits per heavy atom. The number of nitrogens with zero attached hydrogens (tertiary/aromatic N) is 2. The second-order valence-electron chi connectivity index (χ2n) is 5.66. The number of nitrogens with two attached hydrogens (primary N) is 1. The summed E-state index contributed by atoms with van der Waals surface area (Å²) in [5.41, 5.74) is 7.13. The third-order valence-corrected chi connectivity index (χ3v) is 4.31. The van der Waals surface area contributed by atoms with E-state index in [2.05, 4.69) is 11.9 Å². The molecule has 0 bridgehead atoms. The van der Waals surface area contributed by atoms with Gasteiger partial charge in [-0.2, -0.15) is 0 Å². The first-order valence-corrected chi connectivity index (χ1v) is 7.04. The predicted molar refractivity (Wildman–Crippen MR) is 76.5 cm³/mol. The van der Waals surface area contributed by atoms with Gasteiger partial charge in [0, 0.05) is 18.3 Å². The maximum atomic E-state index is 12.4. The Morgan fingerprint density at radius 2 is 1.95 bits per heavy atom. The lowest BCUT2D eigenvalue weighted by atomic mass is 10.0. The Hall–Kier alpha value is -1.88. The minimum absolute atomic E-state index is 0.191. The van der Waals surface area contributed by atoms with E-state index in [1.165, 1.54) is 11.3 Å². The highest BCUT2D eigenvalue weighted by molar-refractivity contribution is 6.21. The molecule has 5 nitrogen and oxygen atoms in total. The van der Waals surface area contributed by atoms with Gasteiger partial charge in [0.2, 0.25) is 0 Å². The summed E-state index contributed by atoms with van der Waals surface area (Å²) in [6.45, 7) is 1.50. The van der Waals surface area contributed by atoms with Crippen LogP contribution in [0.5, 0.6) is 0 Å². The quantitative estimate of drug-likeness (QED) is 0.652. The number of nitrogen functional groups attached to an aromatic ring is 1. The molecule has 1 fully saturated rings. The Kier molecular flexibility index (Phi) is 3.22. The Morgan fingerprint density at radius 3 is 2.70 bits per heavy atom. The van der Waals surface area contributed by atoms with Gasteiger partial charge in [-0.15, -0.1) is 0 Å². The van der Waals surface area contributed by atoms with Crippen LogP contribution in [0.25, 0.3) is 0 Å². The number of rotatable bonds is 2. The fraction of sp³-hybridized carbons (Fsp3) is 0.467. The van der Waals surface area contributed by atoms with Gasteiger partial charge in [0.1, 0.15) is 0 Å². The van der Waals surface area contributed by atoms with Gasteiger partial charge in [-0.3, -0.25) is 14.5 Å². The molecule has 20 heavy (non-hydrogen) atoms. The van der Waals surface area contributed by atoms with E-state index in [0.29, 0.717) is 23.4 Å². The van der Waals surface area contributed by atoms with E-state index >= 15 is 0 Å². The number of likely N-dealkylation sites (tertiary alicyclic amines) is 1. The summed E-state index contributed by atoms with van der Waals surface area (Å²) in [6, 6.07) is 5.18. The van der Waals surface area contributed by atoms with Crippen LogP contribution >= 0.6 is 0 Å². The maximum Gasteiger partial charge on any atom is 0.261 e. The van der Waals surface area contributed by atoms with E-state index < -0.39 is 0 Å². The fourth-order valence-corrected chi connectivity index (χ4v) is 3.06. The number of imide groups is 1. The first-order valence-electron chi connectivity index (χ1n) is 7.04. The number of carbonyl (C=O) groups is 2. The zero-order chi connectivity index (χ0) is 14.3. The Bertz CT molecular complexity index is 570. The van der Waals surface area contributed by atoms with E-state index in [4.69, 9.17) is 5.73 Å². The molecule has 5 heteroatoms. The van der Waals surface area contributed by atoms with Crippen LogP contribution in [-0.2, 0) is 0 Å². The van der Waals surface area contributed by atoms with Gasteiger partial charge in [0.15, 0.2) is 0 Å². The molecule has 0 saturated carbocycles. The number of hydrogen-bond donors (Lipinski definition) is 1. The minimum Gasteiger partial charge on any atom is -0.399 e. The Balaban J connectivity index is 1.82. The molecule has 2 aliphatic rings. The van der Waals surface area contributed by atoms with Crippen molar-refractivity contribution in [1.29, 1.82) is 0 Å². The zero-order valence-corrected chi connectivity index (χ0v) is 11.6. The molecule has 1 atom stereocenters. The van der Waals surface area contributed by atoms with Crippen LogP contribution in [0, 0.1) is 0 Å². The summed E-state index contributed by atoms with van der Waals surface area (Å²) in [4.78, 5) is 28.3. The van der Waals surface area contributed by atoms with Crippen molar-refractivity contribution in [2.75, 3.05) is 25.9 Å². The van der Waals surface area contributed by atoms with Crippen LogP contribution < -0.4 is 5.73 Å². The van der Waals surface area contributed by atoms with Crippen molar-refractivity contribution in [3.63, 3.8) is 0 Å². The summed E-state index contributed by atoms with van der Waals surface area (Å²) in [6.07, 6.45) is 3.38. The zero-order valence-electron chi connectivity index (χ0n) is 11.6. The molecule has 0 aromatic heterocycles. The lowest BCUT2D eigenvalue weighted by Gasteiger charge is -2.34. The molecule has 1 aromatic rings. The van der Waals surface area contributed by atoms with E-state index in [1.54, 1.807) is 18.2 Å². The lowest BCUT2D eigenvalue weighted by molar-refractivity contribution is 0.0577. The van der Waals surface area contributed by atoms with E-state index in [9.17, 15) is 9.59 Å². The van der Waals surface area contributed by atoms with E-state index in [1.807, 2.05) is 0 Å². The number of likely N-dealkylation sites (N-methyl/N-ethyl adjacent to an activating group) is 1. The molecule has 0 aliphatic carbocycles. The summed E-state index contributed by atoms with van der Waals surface area (Å²) in [5.74, 6) is -0.403. The van der Waals surface area contributed by atoms with Crippen molar-refractivity contribution in [3.05, 3.63) is 29.3 Å². The summed E-state index contributed by atoms with van der Waals surface area (Å²) in [5, 5.41) is 0. The molecular formula is C15H19N3O2. The largest absolute Gasteiger partial charge is 0.399 e. The van der Waals surface area contributed by atoms with E-state index in [-0.39, 0.29) is 17.9 Å². The van der Waals surface area contributed by atoms with Crippen LogP contribution in [0.3, 0.4) is 0 Å². The van der Waals surface area contributed by atoms with Gasteiger partial charge in [-0.25, -0.2) is 0 Å². The topological polar surface area (TPSA) is 66.6 Å². The number of hydrogen-bond acceptors (Lipinski definition) is 4. The molecule has 2 heterocycles. The molecule has 1 unspecified atom stereocenters. The average molecular weight is 273 g/mol. The number of benzene rings is 1. The smallest absolute Gasteiger partial charge is 0.261 e. The molecule has 3 rings (SSSR count). The van der Waals surface area contributed by atoms with Crippen LogP contribution in [0.15, 0.2) is 18.2 Å². The van der Waals surface area contributed by atoms with Gasteiger partial charge in [0.25, 0.3) is 11.8 Å². The van der Waals surface area contributed by atoms with Crippen LogP contribution in [0.4, 0.5) is 5.69 Å². The van der Waals surface area contributed by atoms with Crippen molar-refractivity contribution >= 4 is 17.5 Å². The normalized spacial score (nSPS) is 23.2. The highest BCUT2D eigenvalue weighted by atomic mass is 16.2. The number of carbonyl (C=O) groups excluding carboxylic acids is 2. The van der Waals surface area contributed by atoms with Crippen molar-refractivity contribution in [2.24, 2.45) is 0 Å². The van der Waals surface area contributed by atoms with Crippen LogP contribution in [0.1, 0.15) is 40.0 Å². The standard InChI is InChI=1S/C15H19N3O2/c1-17-7-3-2-4-11(17)9-18-14(19)12-6-5-10(16)8-13(12)15(18)20/h5-6,8,11H,2-4,7,9,16H2,1H3. The molecular weight excluding hydrogens is 254 g/mol. The fourth-order valence-electron chi connectivity index (χ4n) is 3.06. The molecule has 1 saturated heterocycles. The molecule has 106 valence electrons. The molecule has 0 radical (unpaired) electrons. The first-order chi connectivity index (χ1) is 9.58. The van der Waals surface area contributed by atoms with Crippen molar-refractivity contribution in [1.82, 2.24) is 9.80 Å². The highest BCUT2D eigenvalue weighted by Crippen LogP contribution is 2.26. The van der Waals surface area contributed by atoms with Gasteiger partial charge < -0.3 is 10.6 Å². The van der Waals surface area contributed by atoms with Crippen LogP contribution in [0.2, 0.25) is 0 Å². The van der Waals surface area contributed by atoms with Gasteiger partial charge >= 0.3 is 0 Å². The monoisotopic (exact) mass is 273 g/mol. The maximum absolute atomic E-state index is 12.4. The van der Waals surface area contributed by atoms with Crippen molar-refractivity contribution < 1.29 is 9.59 Å². The van der Waals surface area contributed by atoms with Crippen LogP contribution in [-0.4, -0.2) is 47.8 Å². The van der Waals surface area contributed by atoms with Crippen molar-refractivity contribution in [3.8, 4) is 0 Å². The van der Waals surface area contributed by atoms with Gasteiger partial charge in [0.05, 0.1) is 11.1 Å². The second kappa shape index (κ2) is 4.90. The summed E-state index contributed by atoms with van der Waals surface area (Å²) in [7, 11) is 2.06. The minimum atomic E-state index is -0.212. The molecule has 2 N–H and O–H groups in total.